The highest BCUT2D eigenvalue weighted by Crippen LogP contribution is 2.43. The number of nitrogens with two attached hydrogens (primary N) is 1. The third-order valence-electron chi connectivity index (χ3n) is 3.60. The first kappa shape index (κ1) is 10.4. The van der Waals surface area contributed by atoms with E-state index in [4.69, 9.17) is 10.5 Å². The molecule has 0 amide bonds. The SMILES string of the molecule is Nc1cccc2c1-c1ccc3ncccc3c1CO2. The lowest BCUT2D eigenvalue weighted by molar-refractivity contribution is 0.304. The van der Waals surface area contributed by atoms with Gasteiger partial charge in [0.25, 0.3) is 0 Å². The molecule has 1 aromatic heterocycles. The van der Waals surface area contributed by atoms with Gasteiger partial charge in [-0.15, -0.1) is 0 Å². The Morgan fingerprint density at radius 3 is 2.95 bits per heavy atom. The molecule has 0 saturated heterocycles. The maximum Gasteiger partial charge on any atom is 0.129 e. The van der Waals surface area contributed by atoms with Gasteiger partial charge in [-0.3, -0.25) is 4.98 Å². The van der Waals surface area contributed by atoms with Gasteiger partial charge in [-0.05, 0) is 29.8 Å². The van der Waals surface area contributed by atoms with Crippen molar-refractivity contribution in [2.75, 3.05) is 5.73 Å². The summed E-state index contributed by atoms with van der Waals surface area (Å²) in [5, 5.41) is 1.13. The highest BCUT2D eigenvalue weighted by molar-refractivity contribution is 5.94. The highest BCUT2D eigenvalue weighted by atomic mass is 16.5. The van der Waals surface area contributed by atoms with Crippen molar-refractivity contribution in [1.82, 2.24) is 4.98 Å². The lowest BCUT2D eigenvalue weighted by Crippen LogP contribution is -2.08. The monoisotopic (exact) mass is 248 g/mol. The molecule has 0 aliphatic carbocycles. The Bertz CT molecular complexity index is 796. The van der Waals surface area contributed by atoms with Crippen molar-refractivity contribution in [2.45, 2.75) is 6.61 Å². The number of pyridine rings is 1. The normalized spacial score (nSPS) is 12.6. The quantitative estimate of drug-likeness (QED) is 0.620. The standard InChI is InChI=1S/C16H12N2O/c17-13-4-1-5-15-16(13)11-6-7-14-10(3-2-8-18-14)12(11)9-19-15/h1-8H,9,17H2. The predicted octanol–water partition coefficient (Wildman–Crippen LogP) is 3.38. The van der Waals surface area contributed by atoms with E-state index in [1.807, 2.05) is 30.3 Å². The lowest BCUT2D eigenvalue weighted by atomic mass is 9.93. The summed E-state index contributed by atoms with van der Waals surface area (Å²) in [7, 11) is 0. The van der Waals surface area contributed by atoms with Crippen LogP contribution in [0, 0.1) is 0 Å². The second-order valence-electron chi connectivity index (χ2n) is 4.67. The number of rotatable bonds is 0. The van der Waals surface area contributed by atoms with Crippen LogP contribution in [0.1, 0.15) is 5.56 Å². The largest absolute Gasteiger partial charge is 0.488 e. The Kier molecular flexibility index (Phi) is 2.03. The van der Waals surface area contributed by atoms with Gasteiger partial charge >= 0.3 is 0 Å². The minimum absolute atomic E-state index is 0.564. The van der Waals surface area contributed by atoms with Gasteiger partial charge < -0.3 is 10.5 Å². The number of hydrogen-bond donors (Lipinski definition) is 1. The van der Waals surface area contributed by atoms with Crippen LogP contribution in [0.3, 0.4) is 0 Å². The van der Waals surface area contributed by atoms with Crippen molar-refractivity contribution in [3.8, 4) is 16.9 Å². The second kappa shape index (κ2) is 3.72. The van der Waals surface area contributed by atoms with Crippen LogP contribution >= 0.6 is 0 Å². The molecule has 2 aromatic carbocycles. The van der Waals surface area contributed by atoms with E-state index in [-0.39, 0.29) is 0 Å². The van der Waals surface area contributed by atoms with Crippen molar-refractivity contribution >= 4 is 16.6 Å². The van der Waals surface area contributed by atoms with Gasteiger partial charge in [0.1, 0.15) is 12.4 Å². The molecule has 0 spiro atoms. The van der Waals surface area contributed by atoms with Crippen molar-refractivity contribution in [3.63, 3.8) is 0 Å². The minimum Gasteiger partial charge on any atom is -0.488 e. The van der Waals surface area contributed by atoms with E-state index in [2.05, 4.69) is 17.1 Å². The van der Waals surface area contributed by atoms with Crippen molar-refractivity contribution in [2.24, 2.45) is 0 Å². The van der Waals surface area contributed by atoms with Crippen LogP contribution in [0.15, 0.2) is 48.7 Å². The first-order valence-corrected chi connectivity index (χ1v) is 6.23. The number of nitrogens with zero attached hydrogens (tertiary/aromatic N) is 1. The van der Waals surface area contributed by atoms with E-state index in [0.717, 1.165) is 39.0 Å². The van der Waals surface area contributed by atoms with Gasteiger partial charge in [-0.25, -0.2) is 0 Å². The Balaban J connectivity index is 2.11. The molecule has 3 nitrogen and oxygen atoms in total. The Morgan fingerprint density at radius 2 is 2.00 bits per heavy atom. The van der Waals surface area contributed by atoms with Crippen molar-refractivity contribution in [3.05, 3.63) is 54.2 Å². The summed E-state index contributed by atoms with van der Waals surface area (Å²) in [6.07, 6.45) is 1.81. The summed E-state index contributed by atoms with van der Waals surface area (Å²) >= 11 is 0. The third-order valence-corrected chi connectivity index (χ3v) is 3.60. The summed E-state index contributed by atoms with van der Waals surface area (Å²) in [5.41, 5.74) is 11.2. The Morgan fingerprint density at radius 1 is 1.05 bits per heavy atom. The molecule has 2 N–H and O–H groups in total. The topological polar surface area (TPSA) is 48.1 Å². The van der Waals surface area contributed by atoms with Gasteiger partial charge in [-0.2, -0.15) is 0 Å². The average Bonchev–Trinajstić information content (AvgIpc) is 2.46. The van der Waals surface area contributed by atoms with Crippen LogP contribution in [0.25, 0.3) is 22.0 Å². The summed E-state index contributed by atoms with van der Waals surface area (Å²) in [6, 6.07) is 13.9. The molecule has 1 aliphatic rings. The smallest absolute Gasteiger partial charge is 0.129 e. The Labute approximate surface area is 110 Å². The first-order valence-electron chi connectivity index (χ1n) is 6.23. The fraction of sp³-hybridized carbons (Fsp3) is 0.0625. The zero-order chi connectivity index (χ0) is 12.8. The lowest BCUT2D eigenvalue weighted by Gasteiger charge is -2.23. The fourth-order valence-electron chi connectivity index (χ4n) is 2.71. The van der Waals surface area contributed by atoms with Crippen LogP contribution in [-0.2, 0) is 6.61 Å². The zero-order valence-electron chi connectivity index (χ0n) is 10.3. The molecule has 2 heterocycles. The highest BCUT2D eigenvalue weighted by Gasteiger charge is 2.21. The van der Waals surface area contributed by atoms with E-state index < -0.39 is 0 Å². The number of anilines is 1. The summed E-state index contributed by atoms with van der Waals surface area (Å²) in [4.78, 5) is 4.38. The van der Waals surface area contributed by atoms with Crippen LogP contribution < -0.4 is 10.5 Å². The number of benzene rings is 2. The molecule has 19 heavy (non-hydrogen) atoms. The van der Waals surface area contributed by atoms with E-state index in [9.17, 15) is 0 Å². The molecule has 0 bridgehead atoms. The van der Waals surface area contributed by atoms with Crippen LogP contribution in [-0.4, -0.2) is 4.98 Å². The van der Waals surface area contributed by atoms with Crippen LogP contribution in [0.4, 0.5) is 5.69 Å². The van der Waals surface area contributed by atoms with Crippen molar-refractivity contribution < 1.29 is 4.74 Å². The molecule has 0 saturated carbocycles. The molecule has 0 radical (unpaired) electrons. The molecule has 4 rings (SSSR count). The fourth-order valence-corrected chi connectivity index (χ4v) is 2.71. The second-order valence-corrected chi connectivity index (χ2v) is 4.67. The molecule has 0 unspecified atom stereocenters. The molecule has 3 heteroatoms. The third kappa shape index (κ3) is 1.41. The molecule has 0 atom stereocenters. The molecular formula is C16H12N2O. The van der Waals surface area contributed by atoms with Crippen molar-refractivity contribution in [1.29, 1.82) is 0 Å². The zero-order valence-corrected chi connectivity index (χ0v) is 10.3. The maximum absolute atomic E-state index is 6.10. The van der Waals surface area contributed by atoms with Gasteiger partial charge in [0, 0.05) is 28.4 Å². The first-order chi connectivity index (χ1) is 9.34. The average molecular weight is 248 g/mol. The number of ether oxygens (including phenoxy) is 1. The molecule has 3 aromatic rings. The number of aromatic nitrogens is 1. The molecule has 0 fully saturated rings. The van der Waals surface area contributed by atoms with Gasteiger partial charge in [0.05, 0.1) is 5.52 Å². The minimum atomic E-state index is 0.564. The van der Waals surface area contributed by atoms with Gasteiger partial charge in [0.15, 0.2) is 0 Å². The van der Waals surface area contributed by atoms with E-state index in [1.165, 1.54) is 0 Å². The maximum atomic E-state index is 6.10. The summed E-state index contributed by atoms with van der Waals surface area (Å²) < 4.78 is 5.83. The van der Waals surface area contributed by atoms with Crippen LogP contribution in [0.5, 0.6) is 5.75 Å². The molecule has 92 valence electrons. The number of hydrogen-bond acceptors (Lipinski definition) is 3. The van der Waals surface area contributed by atoms with E-state index in [0.29, 0.717) is 6.61 Å². The van der Waals surface area contributed by atoms with E-state index in [1.54, 1.807) is 6.20 Å². The predicted molar refractivity (Wildman–Crippen MR) is 75.9 cm³/mol. The van der Waals surface area contributed by atoms with Crippen LogP contribution in [0.2, 0.25) is 0 Å². The molecular weight excluding hydrogens is 236 g/mol. The summed E-state index contributed by atoms with van der Waals surface area (Å²) in [5.74, 6) is 0.857. The summed E-state index contributed by atoms with van der Waals surface area (Å²) in [6.45, 7) is 0.564. The van der Waals surface area contributed by atoms with Gasteiger partial charge in [-0.1, -0.05) is 18.2 Å². The number of fused-ring (bicyclic) bond motifs is 5. The number of nitrogen functional groups attached to an aromatic ring is 1. The van der Waals surface area contributed by atoms with Gasteiger partial charge in [0.2, 0.25) is 0 Å². The van der Waals surface area contributed by atoms with E-state index >= 15 is 0 Å². The Hall–Kier alpha value is -2.55. The molecule has 1 aliphatic heterocycles.